The highest BCUT2D eigenvalue weighted by atomic mass is 16.2. The average molecular weight is 367 g/mol. The molecule has 2 atom stereocenters. The molecule has 0 radical (unpaired) electrons. The molecule has 1 saturated carbocycles. The number of rotatable bonds is 6. The summed E-state index contributed by atoms with van der Waals surface area (Å²) >= 11 is 0. The Bertz CT molecular complexity index is 781. The lowest BCUT2D eigenvalue weighted by atomic mass is 9.93. The smallest absolute Gasteiger partial charge is 0.244 e. The van der Waals surface area contributed by atoms with Crippen LogP contribution in [0.1, 0.15) is 43.6 Å². The number of imidazole rings is 1. The summed E-state index contributed by atoms with van der Waals surface area (Å²) in [5.41, 5.74) is 7.52. The number of amides is 1. The molecule has 6 heteroatoms. The molecule has 144 valence electrons. The Labute approximate surface area is 160 Å². The largest absolute Gasteiger partial charge is 0.334 e. The van der Waals surface area contributed by atoms with E-state index in [-0.39, 0.29) is 17.4 Å². The zero-order valence-electron chi connectivity index (χ0n) is 16.0. The molecule has 1 aromatic heterocycles. The van der Waals surface area contributed by atoms with Crippen LogP contribution >= 0.6 is 0 Å². The highest BCUT2D eigenvalue weighted by Crippen LogP contribution is 2.56. The first-order valence-electron chi connectivity index (χ1n) is 9.96. The molecule has 2 heterocycles. The molecule has 4 rings (SSSR count). The maximum absolute atomic E-state index is 13.4. The topological polar surface area (TPSA) is 76.2 Å². The minimum Gasteiger partial charge on any atom is -0.334 e. The fraction of sp³-hybridized carbons (Fsp3) is 0.524. The molecule has 1 saturated heterocycles. The molecule has 1 amide bonds. The van der Waals surface area contributed by atoms with Crippen molar-refractivity contribution in [2.75, 3.05) is 13.1 Å². The van der Waals surface area contributed by atoms with Crippen LogP contribution in [0.15, 0.2) is 42.7 Å². The Morgan fingerprint density at radius 1 is 1.37 bits per heavy atom. The van der Waals surface area contributed by atoms with Crippen LogP contribution in [0, 0.1) is 5.41 Å². The standard InChI is InChI=1S/C21H29N5O/c1-2-25-13-12-24-18(25)15-26(17-14-21(17)8-10-23-11-9-21)20(27)19(22)16-6-4-3-5-7-16/h3-7,12-13,17,19,23H,2,8-11,14-15,22H2,1H3/t17-,19-/m0/s1. The lowest BCUT2D eigenvalue weighted by Crippen LogP contribution is -2.43. The van der Waals surface area contributed by atoms with Crippen LogP contribution in [0.3, 0.4) is 0 Å². The number of aryl methyl sites for hydroxylation is 1. The molecular weight excluding hydrogens is 338 g/mol. The van der Waals surface area contributed by atoms with Crippen LogP contribution < -0.4 is 11.1 Å². The maximum atomic E-state index is 13.4. The summed E-state index contributed by atoms with van der Waals surface area (Å²) in [5.74, 6) is 0.939. The van der Waals surface area contributed by atoms with Crippen LogP contribution in [-0.4, -0.2) is 39.5 Å². The van der Waals surface area contributed by atoms with Crippen LogP contribution in [-0.2, 0) is 17.9 Å². The van der Waals surface area contributed by atoms with E-state index in [2.05, 4.69) is 21.8 Å². The minimum absolute atomic E-state index is 0.00672. The van der Waals surface area contributed by atoms with Crippen molar-refractivity contribution in [3.63, 3.8) is 0 Å². The SMILES string of the molecule is CCn1ccnc1CN(C(=O)[C@@H](N)c1ccccc1)[C@H]1CC12CCNCC2. The van der Waals surface area contributed by atoms with Gasteiger partial charge in [0.25, 0.3) is 0 Å². The zero-order valence-corrected chi connectivity index (χ0v) is 16.0. The molecule has 1 aromatic carbocycles. The second-order valence-corrected chi connectivity index (χ2v) is 7.82. The van der Waals surface area contributed by atoms with E-state index in [1.165, 1.54) is 0 Å². The Morgan fingerprint density at radius 2 is 2.11 bits per heavy atom. The molecule has 2 fully saturated rings. The first-order chi connectivity index (χ1) is 13.1. The van der Waals surface area contributed by atoms with Gasteiger partial charge in [0.05, 0.1) is 6.54 Å². The Kier molecular flexibility index (Phi) is 5.02. The van der Waals surface area contributed by atoms with Gasteiger partial charge < -0.3 is 20.5 Å². The van der Waals surface area contributed by atoms with Crippen molar-refractivity contribution in [2.24, 2.45) is 11.1 Å². The van der Waals surface area contributed by atoms with E-state index >= 15 is 0 Å². The number of aromatic nitrogens is 2. The third kappa shape index (κ3) is 3.51. The average Bonchev–Trinajstić information content (AvgIpc) is 3.19. The van der Waals surface area contributed by atoms with E-state index in [1.54, 1.807) is 0 Å². The lowest BCUT2D eigenvalue weighted by molar-refractivity contribution is -0.134. The van der Waals surface area contributed by atoms with Gasteiger partial charge in [-0.2, -0.15) is 0 Å². The van der Waals surface area contributed by atoms with Crippen LogP contribution in [0.5, 0.6) is 0 Å². The maximum Gasteiger partial charge on any atom is 0.244 e. The molecule has 1 spiro atoms. The van der Waals surface area contributed by atoms with Crippen molar-refractivity contribution in [1.82, 2.24) is 19.8 Å². The Morgan fingerprint density at radius 3 is 2.81 bits per heavy atom. The summed E-state index contributed by atoms with van der Waals surface area (Å²) in [6.45, 7) is 5.54. The molecule has 1 aliphatic carbocycles. The van der Waals surface area contributed by atoms with E-state index < -0.39 is 6.04 Å². The minimum atomic E-state index is -0.629. The molecule has 0 unspecified atom stereocenters. The Hall–Kier alpha value is -2.18. The molecule has 1 aliphatic heterocycles. The second-order valence-electron chi connectivity index (χ2n) is 7.82. The summed E-state index contributed by atoms with van der Waals surface area (Å²) in [6.07, 6.45) is 7.12. The molecule has 2 aromatic rings. The molecule has 2 aliphatic rings. The van der Waals surface area contributed by atoms with Gasteiger partial charge in [-0.3, -0.25) is 4.79 Å². The normalized spacial score (nSPS) is 21.8. The molecule has 6 nitrogen and oxygen atoms in total. The number of hydrogen-bond donors (Lipinski definition) is 2. The quantitative estimate of drug-likeness (QED) is 0.820. The Balaban J connectivity index is 1.59. The van der Waals surface area contributed by atoms with Crippen LogP contribution in [0.4, 0.5) is 0 Å². The fourth-order valence-electron chi connectivity index (χ4n) is 4.48. The highest BCUT2D eigenvalue weighted by molar-refractivity contribution is 5.83. The van der Waals surface area contributed by atoms with Gasteiger partial charge in [0.2, 0.25) is 5.91 Å². The number of nitrogens with two attached hydrogens (primary N) is 1. The van der Waals surface area contributed by atoms with E-state index in [1.807, 2.05) is 47.6 Å². The summed E-state index contributed by atoms with van der Waals surface area (Å²) in [6, 6.07) is 9.31. The number of benzene rings is 1. The molecule has 3 N–H and O–H groups in total. The first-order valence-corrected chi connectivity index (χ1v) is 9.96. The number of carbonyl (C=O) groups is 1. The number of nitrogens with one attached hydrogen (secondary N) is 1. The van der Waals surface area contributed by atoms with Crippen molar-refractivity contribution < 1.29 is 4.79 Å². The highest BCUT2D eigenvalue weighted by Gasteiger charge is 2.58. The van der Waals surface area contributed by atoms with Crippen LogP contribution in [0.2, 0.25) is 0 Å². The van der Waals surface area contributed by atoms with E-state index in [9.17, 15) is 4.79 Å². The second kappa shape index (κ2) is 7.44. The predicted octanol–water partition coefficient (Wildman–Crippen LogP) is 2.07. The van der Waals surface area contributed by atoms with Gasteiger partial charge in [-0.15, -0.1) is 0 Å². The summed E-state index contributed by atoms with van der Waals surface area (Å²) in [7, 11) is 0. The van der Waals surface area contributed by atoms with Gasteiger partial charge in [-0.1, -0.05) is 30.3 Å². The number of carbonyl (C=O) groups excluding carboxylic acids is 1. The molecular formula is C21H29N5O. The molecule has 0 bridgehead atoms. The third-order valence-electron chi connectivity index (χ3n) is 6.28. The van der Waals surface area contributed by atoms with Gasteiger partial charge in [0.1, 0.15) is 11.9 Å². The number of nitrogens with zero attached hydrogens (tertiary/aromatic N) is 3. The monoisotopic (exact) mass is 367 g/mol. The summed E-state index contributed by atoms with van der Waals surface area (Å²) in [4.78, 5) is 19.9. The predicted molar refractivity (Wildman–Crippen MR) is 105 cm³/mol. The lowest BCUT2D eigenvalue weighted by Gasteiger charge is -2.31. The van der Waals surface area contributed by atoms with E-state index in [4.69, 9.17) is 5.73 Å². The van der Waals surface area contributed by atoms with Gasteiger partial charge in [-0.25, -0.2) is 4.98 Å². The zero-order chi connectivity index (χ0) is 18.9. The fourth-order valence-corrected chi connectivity index (χ4v) is 4.48. The van der Waals surface area contributed by atoms with Crippen molar-refractivity contribution in [1.29, 1.82) is 0 Å². The molecule has 27 heavy (non-hydrogen) atoms. The van der Waals surface area contributed by atoms with Crippen molar-refractivity contribution in [3.05, 3.63) is 54.1 Å². The summed E-state index contributed by atoms with van der Waals surface area (Å²) < 4.78 is 2.10. The summed E-state index contributed by atoms with van der Waals surface area (Å²) in [5, 5.41) is 3.44. The number of piperidine rings is 1. The van der Waals surface area contributed by atoms with Crippen molar-refractivity contribution in [3.8, 4) is 0 Å². The van der Waals surface area contributed by atoms with E-state index in [0.29, 0.717) is 6.54 Å². The van der Waals surface area contributed by atoms with Gasteiger partial charge in [0, 0.05) is 25.0 Å². The van der Waals surface area contributed by atoms with Crippen molar-refractivity contribution in [2.45, 2.75) is 51.4 Å². The van der Waals surface area contributed by atoms with Gasteiger partial charge in [-0.05, 0) is 50.3 Å². The van der Waals surface area contributed by atoms with Gasteiger partial charge >= 0.3 is 0 Å². The van der Waals surface area contributed by atoms with Crippen LogP contribution in [0.25, 0.3) is 0 Å². The van der Waals surface area contributed by atoms with E-state index in [0.717, 1.165) is 50.3 Å². The first kappa shape index (κ1) is 18.2. The van der Waals surface area contributed by atoms with Gasteiger partial charge in [0.15, 0.2) is 0 Å². The van der Waals surface area contributed by atoms with Crippen molar-refractivity contribution >= 4 is 5.91 Å². The third-order valence-corrected chi connectivity index (χ3v) is 6.28. The number of hydrogen-bond acceptors (Lipinski definition) is 4.